The number of piperazine rings is 1. The maximum atomic E-state index is 12.5. The molecule has 2 N–H and O–H groups in total. The molecule has 1 saturated heterocycles. The van der Waals surface area contributed by atoms with E-state index in [9.17, 15) is 8.42 Å². The summed E-state index contributed by atoms with van der Waals surface area (Å²) in [6.07, 6.45) is 0. The van der Waals surface area contributed by atoms with Crippen LogP contribution in [0, 0.1) is 0 Å². The number of rotatable bonds is 3. The third-order valence-electron chi connectivity index (χ3n) is 3.76. The summed E-state index contributed by atoms with van der Waals surface area (Å²) in [6.45, 7) is 5.19. The zero-order chi connectivity index (χ0) is 14.2. The summed E-state index contributed by atoms with van der Waals surface area (Å²) in [7, 11) is -1.54. The molecule has 1 aliphatic rings. The van der Waals surface area contributed by atoms with E-state index < -0.39 is 10.0 Å². The Hall–Kier alpha value is -0.890. The van der Waals surface area contributed by atoms with Crippen molar-refractivity contribution in [3.63, 3.8) is 0 Å². The van der Waals surface area contributed by atoms with E-state index in [1.54, 1.807) is 6.07 Å². The predicted octanol–water partition coefficient (Wildman–Crippen LogP) is 0.451. The van der Waals surface area contributed by atoms with Crippen molar-refractivity contribution in [2.75, 3.05) is 20.1 Å². The molecule has 1 aromatic heterocycles. The minimum Gasteiger partial charge on any atom is -0.447 e. The summed E-state index contributed by atoms with van der Waals surface area (Å²) >= 11 is 0. The number of nitrogens with two attached hydrogens (primary N) is 1. The van der Waals surface area contributed by atoms with Crippen molar-refractivity contribution in [1.82, 2.24) is 9.21 Å². The molecule has 0 spiro atoms. The third kappa shape index (κ3) is 2.69. The van der Waals surface area contributed by atoms with Crippen molar-refractivity contribution in [3.05, 3.63) is 17.9 Å². The van der Waals surface area contributed by atoms with Crippen LogP contribution in [0.3, 0.4) is 0 Å². The molecule has 2 heterocycles. The fraction of sp³-hybridized carbons (Fsp3) is 0.667. The normalized spacial score (nSPS) is 26.7. The Kier molecular flexibility index (Phi) is 4.00. The summed E-state index contributed by atoms with van der Waals surface area (Å²) < 4.78 is 31.7. The minimum absolute atomic E-state index is 0.0168. The van der Waals surface area contributed by atoms with Gasteiger partial charge in [-0.2, -0.15) is 4.31 Å². The van der Waals surface area contributed by atoms with E-state index in [0.717, 1.165) is 0 Å². The topological polar surface area (TPSA) is 79.8 Å². The van der Waals surface area contributed by atoms with E-state index >= 15 is 0 Å². The van der Waals surface area contributed by atoms with Crippen LogP contribution in [0.2, 0.25) is 0 Å². The lowest BCUT2D eigenvalue weighted by atomic mass is 10.1. The first-order valence-corrected chi connectivity index (χ1v) is 7.81. The Morgan fingerprint density at radius 3 is 2.37 bits per heavy atom. The fourth-order valence-corrected chi connectivity index (χ4v) is 3.82. The highest BCUT2D eigenvalue weighted by Gasteiger charge is 2.35. The van der Waals surface area contributed by atoms with Crippen LogP contribution >= 0.6 is 0 Å². The van der Waals surface area contributed by atoms with Crippen LogP contribution in [0.5, 0.6) is 0 Å². The summed E-state index contributed by atoms with van der Waals surface area (Å²) in [5.74, 6) is 0.480. The first-order valence-electron chi connectivity index (χ1n) is 6.37. The van der Waals surface area contributed by atoms with Gasteiger partial charge in [0.15, 0.2) is 0 Å². The first kappa shape index (κ1) is 14.5. The summed E-state index contributed by atoms with van der Waals surface area (Å²) in [5.41, 5.74) is 5.44. The highest BCUT2D eigenvalue weighted by molar-refractivity contribution is 7.89. The van der Waals surface area contributed by atoms with E-state index in [0.29, 0.717) is 18.8 Å². The zero-order valence-corrected chi connectivity index (χ0v) is 12.4. The molecule has 0 amide bonds. The second-order valence-electron chi connectivity index (χ2n) is 5.11. The lowest BCUT2D eigenvalue weighted by Gasteiger charge is -2.41. The van der Waals surface area contributed by atoms with Gasteiger partial charge in [-0.25, -0.2) is 8.42 Å². The second kappa shape index (κ2) is 5.24. The molecule has 2 rings (SSSR count). The molecule has 0 aliphatic carbocycles. The Morgan fingerprint density at radius 1 is 1.32 bits per heavy atom. The molecular weight excluding hydrogens is 266 g/mol. The number of likely N-dealkylation sites (N-methyl/N-ethyl adjacent to an activating group) is 1. The van der Waals surface area contributed by atoms with Gasteiger partial charge in [-0.3, -0.25) is 4.90 Å². The van der Waals surface area contributed by atoms with Gasteiger partial charge in [0.05, 0.1) is 6.54 Å². The van der Waals surface area contributed by atoms with Crippen LogP contribution < -0.4 is 5.73 Å². The van der Waals surface area contributed by atoms with Gasteiger partial charge in [0, 0.05) is 25.2 Å². The van der Waals surface area contributed by atoms with Crippen LogP contribution in [0.15, 0.2) is 21.6 Å². The van der Waals surface area contributed by atoms with Crippen LogP contribution in [0.4, 0.5) is 0 Å². The highest BCUT2D eigenvalue weighted by atomic mass is 32.2. The Balaban J connectivity index is 2.25. The van der Waals surface area contributed by atoms with Crippen molar-refractivity contribution in [3.8, 4) is 0 Å². The third-order valence-corrected chi connectivity index (χ3v) is 5.46. The predicted molar refractivity (Wildman–Crippen MR) is 72.0 cm³/mol. The first-order chi connectivity index (χ1) is 8.86. The van der Waals surface area contributed by atoms with E-state index in [-0.39, 0.29) is 23.7 Å². The number of nitrogens with zero attached hydrogens (tertiary/aromatic N) is 2. The standard InChI is InChI=1S/C12H21N3O3S/c1-9-7-15(8-10(2)14(9)3)19(16,17)12-5-4-11(6-13)18-12/h4-5,9-10H,6-8,13H2,1-3H3. The largest absolute Gasteiger partial charge is 0.447 e. The summed E-state index contributed by atoms with van der Waals surface area (Å²) in [4.78, 5) is 2.18. The molecule has 19 heavy (non-hydrogen) atoms. The van der Waals surface area contributed by atoms with Gasteiger partial charge < -0.3 is 10.2 Å². The molecule has 0 saturated carbocycles. The Bertz CT molecular complexity index is 528. The van der Waals surface area contributed by atoms with Crippen molar-refractivity contribution in [2.24, 2.45) is 5.73 Å². The molecule has 1 aromatic rings. The van der Waals surface area contributed by atoms with Gasteiger partial charge >= 0.3 is 0 Å². The molecule has 6 nitrogen and oxygen atoms in total. The Labute approximate surface area is 114 Å². The van der Waals surface area contributed by atoms with E-state index in [1.807, 2.05) is 20.9 Å². The second-order valence-corrected chi connectivity index (χ2v) is 6.98. The van der Waals surface area contributed by atoms with Gasteiger partial charge in [-0.15, -0.1) is 0 Å². The Morgan fingerprint density at radius 2 is 1.89 bits per heavy atom. The highest BCUT2D eigenvalue weighted by Crippen LogP contribution is 2.23. The van der Waals surface area contributed by atoms with Gasteiger partial charge in [-0.1, -0.05) is 0 Å². The molecule has 2 unspecified atom stereocenters. The molecule has 0 radical (unpaired) electrons. The molecular formula is C12H21N3O3S. The van der Waals surface area contributed by atoms with Crippen LogP contribution in [-0.4, -0.2) is 49.8 Å². The van der Waals surface area contributed by atoms with E-state index in [4.69, 9.17) is 10.2 Å². The smallest absolute Gasteiger partial charge is 0.276 e. The fourth-order valence-electron chi connectivity index (χ4n) is 2.29. The lowest BCUT2D eigenvalue weighted by Crippen LogP contribution is -2.56. The average Bonchev–Trinajstić information content (AvgIpc) is 2.84. The quantitative estimate of drug-likeness (QED) is 0.873. The molecule has 0 bridgehead atoms. The van der Waals surface area contributed by atoms with Crippen LogP contribution in [0.1, 0.15) is 19.6 Å². The number of furan rings is 1. The molecule has 1 fully saturated rings. The van der Waals surface area contributed by atoms with Crippen LogP contribution in [0.25, 0.3) is 0 Å². The lowest BCUT2D eigenvalue weighted by molar-refractivity contribution is 0.104. The monoisotopic (exact) mass is 287 g/mol. The number of sulfonamides is 1. The maximum Gasteiger partial charge on any atom is 0.276 e. The van der Waals surface area contributed by atoms with E-state index in [2.05, 4.69) is 4.90 Å². The van der Waals surface area contributed by atoms with E-state index in [1.165, 1.54) is 10.4 Å². The summed E-state index contributed by atoms with van der Waals surface area (Å²) in [6, 6.07) is 3.45. The molecule has 0 aromatic carbocycles. The molecule has 1 aliphatic heterocycles. The molecule has 2 atom stereocenters. The van der Waals surface area contributed by atoms with Gasteiger partial charge in [-0.05, 0) is 33.0 Å². The molecule has 108 valence electrons. The van der Waals surface area contributed by atoms with Gasteiger partial charge in [0.25, 0.3) is 10.0 Å². The SMILES string of the molecule is CC1CN(S(=O)(=O)c2ccc(CN)o2)CC(C)N1C. The van der Waals surface area contributed by atoms with Crippen LogP contribution in [-0.2, 0) is 16.6 Å². The number of hydrogen-bond acceptors (Lipinski definition) is 5. The van der Waals surface area contributed by atoms with Crippen molar-refractivity contribution in [1.29, 1.82) is 0 Å². The maximum absolute atomic E-state index is 12.5. The summed E-state index contributed by atoms with van der Waals surface area (Å²) in [5, 5.41) is -0.0168. The van der Waals surface area contributed by atoms with Gasteiger partial charge in [0.1, 0.15) is 5.76 Å². The zero-order valence-electron chi connectivity index (χ0n) is 11.5. The van der Waals surface area contributed by atoms with Crippen molar-refractivity contribution >= 4 is 10.0 Å². The number of hydrogen-bond donors (Lipinski definition) is 1. The minimum atomic E-state index is -3.56. The molecule has 7 heteroatoms. The van der Waals surface area contributed by atoms with Gasteiger partial charge in [0.2, 0.25) is 5.09 Å². The average molecular weight is 287 g/mol. The van der Waals surface area contributed by atoms with Crippen molar-refractivity contribution in [2.45, 2.75) is 37.6 Å². The van der Waals surface area contributed by atoms with Crippen molar-refractivity contribution < 1.29 is 12.8 Å².